The monoisotopic (exact) mass is 252 g/mol. The summed E-state index contributed by atoms with van der Waals surface area (Å²) >= 11 is 5.51. The maximum absolute atomic E-state index is 11.6. The third-order valence-corrected chi connectivity index (χ3v) is 2.38. The van der Waals surface area contributed by atoms with Crippen LogP contribution in [0.3, 0.4) is 0 Å². The Morgan fingerprint density at radius 3 is 2.35 bits per heavy atom. The highest BCUT2D eigenvalue weighted by Gasteiger charge is 2.07. The third-order valence-electron chi connectivity index (χ3n) is 2.20. The summed E-state index contributed by atoms with van der Waals surface area (Å²) < 4.78 is 0. The number of hydrogen-bond acceptors (Lipinski definition) is 2. The highest BCUT2D eigenvalue weighted by molar-refractivity contribution is 6.19. The lowest BCUT2D eigenvalue weighted by Gasteiger charge is -2.00. The quantitative estimate of drug-likeness (QED) is 0.626. The molecule has 17 heavy (non-hydrogen) atoms. The molecular weight excluding hydrogens is 240 g/mol. The number of rotatable bonds is 6. The summed E-state index contributed by atoms with van der Waals surface area (Å²) in [6.07, 6.45) is 3.57. The predicted molar refractivity (Wildman–Crippen MR) is 67.4 cm³/mol. The summed E-state index contributed by atoms with van der Waals surface area (Å²) in [6, 6.07) is 6.99. The van der Waals surface area contributed by atoms with Crippen LogP contribution in [0.2, 0.25) is 0 Å². The van der Waals surface area contributed by atoms with Gasteiger partial charge in [0.1, 0.15) is 0 Å². The van der Waals surface area contributed by atoms with Crippen molar-refractivity contribution >= 4 is 29.4 Å². The van der Waals surface area contributed by atoms with Gasteiger partial charge >= 0.3 is 5.97 Å². The Balaban J connectivity index is 2.63. The maximum Gasteiger partial charge on any atom is 0.303 e. The molecule has 0 heterocycles. The fourth-order valence-corrected chi connectivity index (χ4v) is 1.41. The lowest BCUT2D eigenvalue weighted by molar-refractivity contribution is -0.136. The zero-order chi connectivity index (χ0) is 12.7. The van der Waals surface area contributed by atoms with E-state index in [4.69, 9.17) is 16.7 Å². The van der Waals surface area contributed by atoms with Gasteiger partial charge in [-0.25, -0.2) is 0 Å². The number of Topliss-reactive ketones (excluding diaryl/α,β-unsaturated/α-hetero) is 1. The molecule has 0 saturated carbocycles. The van der Waals surface area contributed by atoms with Crippen molar-refractivity contribution in [3.8, 4) is 0 Å². The lowest BCUT2D eigenvalue weighted by atomic mass is 10.0. The molecule has 3 nitrogen and oxygen atoms in total. The molecule has 0 aliphatic rings. The van der Waals surface area contributed by atoms with Crippen LogP contribution in [0, 0.1) is 0 Å². The molecule has 4 heteroatoms. The van der Waals surface area contributed by atoms with Crippen molar-refractivity contribution in [2.45, 2.75) is 12.8 Å². The Labute approximate surface area is 105 Å². The number of ketones is 1. The third kappa shape index (κ3) is 4.83. The molecule has 0 aromatic heterocycles. The highest BCUT2D eigenvalue weighted by Crippen LogP contribution is 2.09. The molecule has 1 N–H and O–H groups in total. The molecule has 0 aliphatic carbocycles. The van der Waals surface area contributed by atoms with Crippen molar-refractivity contribution in [2.75, 3.05) is 5.88 Å². The number of hydrogen-bond donors (Lipinski definition) is 1. The van der Waals surface area contributed by atoms with E-state index in [1.165, 1.54) is 0 Å². The maximum atomic E-state index is 11.6. The Morgan fingerprint density at radius 1 is 1.18 bits per heavy atom. The fraction of sp³-hybridized carbons (Fsp3) is 0.231. The first-order valence-corrected chi connectivity index (χ1v) is 5.74. The van der Waals surface area contributed by atoms with Crippen molar-refractivity contribution < 1.29 is 14.7 Å². The fourth-order valence-electron chi connectivity index (χ4n) is 1.33. The second kappa shape index (κ2) is 6.86. The number of alkyl halides is 1. The van der Waals surface area contributed by atoms with Gasteiger partial charge in [-0.3, -0.25) is 9.59 Å². The minimum atomic E-state index is -0.958. The van der Waals surface area contributed by atoms with Crippen LogP contribution >= 0.6 is 11.6 Å². The molecule has 1 rings (SSSR count). The van der Waals surface area contributed by atoms with E-state index in [2.05, 4.69) is 0 Å². The average Bonchev–Trinajstić information content (AvgIpc) is 2.34. The second-order valence-electron chi connectivity index (χ2n) is 3.50. The molecule has 0 spiro atoms. The first kappa shape index (κ1) is 13.5. The van der Waals surface area contributed by atoms with Crippen LogP contribution in [-0.4, -0.2) is 22.7 Å². The number of halogens is 1. The molecule has 0 unspecified atom stereocenters. The summed E-state index contributed by atoms with van der Waals surface area (Å²) in [5.74, 6) is -0.667. The number of carbonyl (C=O) groups is 2. The van der Waals surface area contributed by atoms with Gasteiger partial charge in [-0.1, -0.05) is 36.4 Å². The van der Waals surface area contributed by atoms with Crippen LogP contribution in [-0.2, 0) is 4.79 Å². The molecule has 90 valence electrons. The average molecular weight is 253 g/mol. The van der Waals surface area contributed by atoms with Crippen molar-refractivity contribution in [1.82, 2.24) is 0 Å². The zero-order valence-electron chi connectivity index (χ0n) is 9.23. The van der Waals surface area contributed by atoms with Crippen LogP contribution in [0.25, 0.3) is 6.08 Å². The number of benzene rings is 1. The Bertz CT molecular complexity index is 421. The molecule has 1 aromatic rings. The number of allylic oxidation sites excluding steroid dienone is 1. The molecule has 0 aliphatic heterocycles. The van der Waals surface area contributed by atoms with Gasteiger partial charge in [0.05, 0.1) is 6.42 Å². The van der Waals surface area contributed by atoms with Crippen molar-refractivity contribution in [1.29, 1.82) is 0 Å². The molecule has 0 saturated heterocycles. The van der Waals surface area contributed by atoms with E-state index in [-0.39, 0.29) is 18.6 Å². The second-order valence-corrected chi connectivity index (χ2v) is 3.80. The predicted octanol–water partition coefficient (Wildman–Crippen LogP) is 2.99. The Hall–Kier alpha value is -1.61. The molecule has 0 amide bonds. The topological polar surface area (TPSA) is 54.4 Å². The smallest absolute Gasteiger partial charge is 0.303 e. The summed E-state index contributed by atoms with van der Waals surface area (Å²) in [5.41, 5.74) is 1.50. The molecule has 0 radical (unpaired) electrons. The van der Waals surface area contributed by atoms with Crippen LogP contribution in [0.4, 0.5) is 0 Å². The van der Waals surface area contributed by atoms with Crippen molar-refractivity contribution in [2.24, 2.45) is 0 Å². The van der Waals surface area contributed by atoms with Gasteiger partial charge in [0.15, 0.2) is 5.78 Å². The number of carboxylic acid groups (broad SMARTS) is 1. The van der Waals surface area contributed by atoms with Gasteiger partial charge in [0, 0.05) is 17.9 Å². The molecular formula is C13H13ClO3. The minimum Gasteiger partial charge on any atom is -0.481 e. The van der Waals surface area contributed by atoms with Crippen molar-refractivity contribution in [3.05, 3.63) is 41.5 Å². The summed E-state index contributed by atoms with van der Waals surface area (Å²) in [5, 5.41) is 8.48. The number of carbonyl (C=O) groups excluding carboxylic acids is 1. The van der Waals surface area contributed by atoms with Crippen LogP contribution in [0.15, 0.2) is 30.3 Å². The van der Waals surface area contributed by atoms with Crippen molar-refractivity contribution in [3.63, 3.8) is 0 Å². The van der Waals surface area contributed by atoms with E-state index in [1.807, 2.05) is 12.2 Å². The molecule has 0 fully saturated rings. The zero-order valence-corrected chi connectivity index (χ0v) is 9.98. The van der Waals surface area contributed by atoms with E-state index in [0.717, 1.165) is 5.56 Å². The largest absolute Gasteiger partial charge is 0.481 e. The molecule has 0 bridgehead atoms. The normalized spacial score (nSPS) is 10.6. The van der Waals surface area contributed by atoms with Crippen LogP contribution < -0.4 is 0 Å². The lowest BCUT2D eigenvalue weighted by Crippen LogP contribution is -2.03. The standard InChI is InChI=1S/C13H13ClO3/c14-9-1-2-10-3-5-11(6-4-10)12(15)7-8-13(16)17/h1-6H,7-9H2,(H,16,17). The van der Waals surface area contributed by atoms with E-state index in [1.54, 1.807) is 24.3 Å². The van der Waals surface area contributed by atoms with Crippen LogP contribution in [0.1, 0.15) is 28.8 Å². The SMILES string of the molecule is O=C(O)CCC(=O)c1ccc(C=CCCl)cc1. The van der Waals surface area contributed by atoms with Gasteiger partial charge < -0.3 is 5.11 Å². The minimum absolute atomic E-state index is 0.0339. The molecule has 1 aromatic carbocycles. The summed E-state index contributed by atoms with van der Waals surface area (Å²) in [7, 11) is 0. The van der Waals surface area contributed by atoms with Gasteiger partial charge in [-0.05, 0) is 5.56 Å². The summed E-state index contributed by atoms with van der Waals surface area (Å²) in [4.78, 5) is 21.9. The van der Waals surface area contributed by atoms with Gasteiger partial charge in [0.2, 0.25) is 0 Å². The Kier molecular flexibility index (Phi) is 5.43. The number of carboxylic acids is 1. The van der Waals surface area contributed by atoms with E-state index < -0.39 is 5.97 Å². The Morgan fingerprint density at radius 2 is 1.82 bits per heavy atom. The first-order chi connectivity index (χ1) is 8.13. The van der Waals surface area contributed by atoms with Gasteiger partial charge in [-0.15, -0.1) is 11.6 Å². The summed E-state index contributed by atoms with van der Waals surface area (Å²) in [6.45, 7) is 0. The van der Waals surface area contributed by atoms with Gasteiger partial charge in [0.25, 0.3) is 0 Å². The highest BCUT2D eigenvalue weighted by atomic mass is 35.5. The first-order valence-electron chi connectivity index (χ1n) is 5.21. The van der Waals surface area contributed by atoms with Gasteiger partial charge in [-0.2, -0.15) is 0 Å². The number of aliphatic carboxylic acids is 1. The van der Waals surface area contributed by atoms with E-state index >= 15 is 0 Å². The van der Waals surface area contributed by atoms with Crippen LogP contribution in [0.5, 0.6) is 0 Å². The molecule has 0 atom stereocenters. The van der Waals surface area contributed by atoms with E-state index in [9.17, 15) is 9.59 Å². The van der Waals surface area contributed by atoms with E-state index in [0.29, 0.717) is 11.4 Å².